The number of nitrogens with zero attached hydrogens (tertiary/aromatic N) is 5. The van der Waals surface area contributed by atoms with Gasteiger partial charge < -0.3 is 9.64 Å². The lowest BCUT2D eigenvalue weighted by atomic mass is 10.1. The maximum atomic E-state index is 13.2. The molecule has 8 heteroatoms. The highest BCUT2D eigenvalue weighted by atomic mass is 19.1. The van der Waals surface area contributed by atoms with Crippen molar-refractivity contribution in [2.24, 2.45) is 0 Å². The first-order valence-electron chi connectivity index (χ1n) is 10.4. The highest BCUT2D eigenvalue weighted by Gasteiger charge is 2.29. The van der Waals surface area contributed by atoms with Crippen molar-refractivity contribution in [1.82, 2.24) is 19.6 Å². The van der Waals surface area contributed by atoms with Gasteiger partial charge in [-0.15, -0.1) is 0 Å². The Hall–Kier alpha value is -3.70. The highest BCUT2D eigenvalue weighted by molar-refractivity contribution is 5.95. The van der Waals surface area contributed by atoms with E-state index in [1.165, 1.54) is 12.1 Å². The maximum absolute atomic E-state index is 13.2. The summed E-state index contributed by atoms with van der Waals surface area (Å²) in [5.74, 6) is 0.337. The number of rotatable bonds is 5. The molecule has 0 radical (unpaired) electrons. The normalized spacial score (nSPS) is 15.2. The van der Waals surface area contributed by atoms with Gasteiger partial charge in [0.2, 0.25) is 0 Å². The number of benzene rings is 2. The van der Waals surface area contributed by atoms with Gasteiger partial charge in [-0.2, -0.15) is 10.4 Å². The predicted molar refractivity (Wildman–Crippen MR) is 117 cm³/mol. The molecule has 2 heterocycles. The first-order valence-corrected chi connectivity index (χ1v) is 10.4. The number of nitriles is 1. The molecule has 4 rings (SSSR count). The van der Waals surface area contributed by atoms with Gasteiger partial charge in [-0.1, -0.05) is 12.1 Å². The van der Waals surface area contributed by atoms with E-state index in [9.17, 15) is 14.4 Å². The molecule has 3 aromatic rings. The zero-order chi connectivity index (χ0) is 22.7. The van der Waals surface area contributed by atoms with E-state index in [2.05, 4.69) is 16.1 Å². The number of methoxy groups -OCH3 is 1. The van der Waals surface area contributed by atoms with Gasteiger partial charge in [0.05, 0.1) is 36.3 Å². The van der Waals surface area contributed by atoms with Crippen molar-refractivity contribution in [3.63, 3.8) is 0 Å². The van der Waals surface area contributed by atoms with Crippen LogP contribution in [-0.2, 0) is 0 Å². The van der Waals surface area contributed by atoms with E-state index in [1.807, 2.05) is 31.2 Å². The molecule has 164 valence electrons. The van der Waals surface area contributed by atoms with Crippen LogP contribution >= 0.6 is 0 Å². The molecule has 1 aromatic heterocycles. The van der Waals surface area contributed by atoms with Crippen molar-refractivity contribution >= 4 is 5.91 Å². The van der Waals surface area contributed by atoms with Crippen molar-refractivity contribution in [1.29, 1.82) is 5.26 Å². The summed E-state index contributed by atoms with van der Waals surface area (Å²) in [4.78, 5) is 17.0. The molecule has 2 aromatic carbocycles. The van der Waals surface area contributed by atoms with Gasteiger partial charge in [-0.05, 0) is 48.9 Å². The molecular formula is C24H24FN5O2. The Morgan fingerprint density at radius 1 is 1.09 bits per heavy atom. The Balaban J connectivity index is 1.43. The number of ether oxygens (including phenoxy) is 1. The molecule has 0 bridgehead atoms. The predicted octanol–water partition coefficient (Wildman–Crippen LogP) is 3.35. The fourth-order valence-electron chi connectivity index (χ4n) is 3.97. The van der Waals surface area contributed by atoms with Gasteiger partial charge in [-0.25, -0.2) is 9.07 Å². The van der Waals surface area contributed by atoms with Crippen LogP contribution in [0.2, 0.25) is 0 Å². The molecule has 7 nitrogen and oxygen atoms in total. The second kappa shape index (κ2) is 9.20. The average molecular weight is 433 g/mol. The zero-order valence-corrected chi connectivity index (χ0v) is 18.0. The van der Waals surface area contributed by atoms with Crippen molar-refractivity contribution in [3.05, 3.63) is 77.4 Å². The van der Waals surface area contributed by atoms with Crippen LogP contribution in [-0.4, -0.2) is 58.8 Å². The Labute approximate surface area is 186 Å². The first kappa shape index (κ1) is 21.5. The molecule has 0 N–H and O–H groups in total. The number of hydrogen-bond acceptors (Lipinski definition) is 5. The minimum atomic E-state index is -0.374. The number of carbonyl (C=O) groups excluding carboxylic acids is 1. The molecule has 1 aliphatic rings. The number of halogens is 1. The van der Waals surface area contributed by atoms with E-state index in [4.69, 9.17) is 4.74 Å². The smallest absolute Gasteiger partial charge is 0.257 e. The Morgan fingerprint density at radius 2 is 1.75 bits per heavy atom. The minimum absolute atomic E-state index is 0.0894. The molecule has 0 spiro atoms. The van der Waals surface area contributed by atoms with Gasteiger partial charge in [-0.3, -0.25) is 9.69 Å². The van der Waals surface area contributed by atoms with E-state index in [-0.39, 0.29) is 17.8 Å². The van der Waals surface area contributed by atoms with Gasteiger partial charge in [0.25, 0.3) is 5.91 Å². The third kappa shape index (κ3) is 4.20. The summed E-state index contributed by atoms with van der Waals surface area (Å²) in [5, 5.41) is 14.1. The molecule has 0 saturated carbocycles. The Bertz CT molecular complexity index is 1130. The van der Waals surface area contributed by atoms with Crippen LogP contribution in [0.1, 0.15) is 27.7 Å². The van der Waals surface area contributed by atoms with Gasteiger partial charge in [0, 0.05) is 26.2 Å². The highest BCUT2D eigenvalue weighted by Crippen LogP contribution is 2.25. The summed E-state index contributed by atoms with van der Waals surface area (Å²) in [5.41, 5.74) is 2.83. The summed E-state index contributed by atoms with van der Waals surface area (Å²) in [6, 6.07) is 15.5. The lowest BCUT2D eigenvalue weighted by Crippen LogP contribution is -2.49. The molecule has 1 saturated heterocycles. The van der Waals surface area contributed by atoms with Crippen LogP contribution < -0.4 is 4.74 Å². The standard InChI is InChI=1S/C24H24FN5O2/c1-17-22(16-27-30(17)20-7-5-19(25)6-8-20)24(31)29-13-11-28(12-14-29)23(15-26)18-3-9-21(32-2)10-4-18/h3-10,16,23H,11-14H2,1-2H3. The van der Waals surface area contributed by atoms with E-state index in [0.29, 0.717) is 43.1 Å². The van der Waals surface area contributed by atoms with E-state index < -0.39 is 0 Å². The molecule has 32 heavy (non-hydrogen) atoms. The maximum Gasteiger partial charge on any atom is 0.257 e. The van der Waals surface area contributed by atoms with Crippen LogP contribution in [0.15, 0.2) is 54.7 Å². The van der Waals surface area contributed by atoms with Crippen molar-refractivity contribution in [3.8, 4) is 17.5 Å². The molecule has 1 aliphatic heterocycles. The van der Waals surface area contributed by atoms with Gasteiger partial charge >= 0.3 is 0 Å². The zero-order valence-electron chi connectivity index (χ0n) is 18.0. The van der Waals surface area contributed by atoms with Crippen molar-refractivity contribution < 1.29 is 13.9 Å². The van der Waals surface area contributed by atoms with Crippen molar-refractivity contribution in [2.75, 3.05) is 33.3 Å². The molecular weight excluding hydrogens is 409 g/mol. The fourth-order valence-corrected chi connectivity index (χ4v) is 3.97. The van der Waals surface area contributed by atoms with Gasteiger partial charge in [0.15, 0.2) is 0 Å². The molecule has 1 unspecified atom stereocenters. The Kier molecular flexibility index (Phi) is 6.19. The van der Waals surface area contributed by atoms with E-state index >= 15 is 0 Å². The lowest BCUT2D eigenvalue weighted by Gasteiger charge is -2.37. The van der Waals surface area contributed by atoms with Crippen LogP contribution in [0.25, 0.3) is 5.69 Å². The third-order valence-corrected chi connectivity index (χ3v) is 5.83. The second-order valence-electron chi connectivity index (χ2n) is 7.66. The fraction of sp³-hybridized carbons (Fsp3) is 0.292. The monoisotopic (exact) mass is 433 g/mol. The molecule has 1 atom stereocenters. The SMILES string of the molecule is COc1ccc(C(C#N)N2CCN(C(=O)c3cnn(-c4ccc(F)cc4)c3C)CC2)cc1. The van der Waals surface area contributed by atoms with Crippen LogP contribution in [0.3, 0.4) is 0 Å². The van der Waals surface area contributed by atoms with Crippen LogP contribution in [0.4, 0.5) is 4.39 Å². The summed E-state index contributed by atoms with van der Waals surface area (Å²) in [6.07, 6.45) is 1.56. The van der Waals surface area contributed by atoms with E-state index in [1.54, 1.807) is 35.0 Å². The number of aromatic nitrogens is 2. The quantitative estimate of drug-likeness (QED) is 0.617. The third-order valence-electron chi connectivity index (χ3n) is 5.83. The Morgan fingerprint density at radius 3 is 2.34 bits per heavy atom. The number of carbonyl (C=O) groups is 1. The van der Waals surface area contributed by atoms with Crippen molar-refractivity contribution in [2.45, 2.75) is 13.0 Å². The number of hydrogen-bond donors (Lipinski definition) is 0. The number of amides is 1. The minimum Gasteiger partial charge on any atom is -0.497 e. The molecule has 0 aliphatic carbocycles. The second-order valence-corrected chi connectivity index (χ2v) is 7.66. The summed E-state index contributed by atoms with van der Waals surface area (Å²) < 4.78 is 20.0. The first-order chi connectivity index (χ1) is 15.5. The summed E-state index contributed by atoms with van der Waals surface area (Å²) >= 11 is 0. The average Bonchev–Trinajstić information content (AvgIpc) is 3.21. The molecule has 1 fully saturated rings. The summed E-state index contributed by atoms with van der Waals surface area (Å²) in [7, 11) is 1.61. The van der Waals surface area contributed by atoms with E-state index in [0.717, 1.165) is 11.3 Å². The van der Waals surface area contributed by atoms with Crippen LogP contribution in [0, 0.1) is 24.1 Å². The topological polar surface area (TPSA) is 74.4 Å². The van der Waals surface area contributed by atoms with Gasteiger partial charge in [0.1, 0.15) is 17.6 Å². The lowest BCUT2D eigenvalue weighted by molar-refractivity contribution is 0.0605. The number of piperazine rings is 1. The van der Waals surface area contributed by atoms with Crippen LogP contribution in [0.5, 0.6) is 5.75 Å². The molecule has 1 amide bonds. The largest absolute Gasteiger partial charge is 0.497 e. The summed E-state index contributed by atoms with van der Waals surface area (Å²) in [6.45, 7) is 4.07.